The molecule has 0 saturated carbocycles. The molecule has 0 bridgehead atoms. The van der Waals surface area contributed by atoms with Crippen molar-refractivity contribution < 1.29 is 23.5 Å². The summed E-state index contributed by atoms with van der Waals surface area (Å²) < 4.78 is 20.7. The van der Waals surface area contributed by atoms with Crippen LogP contribution in [0.3, 0.4) is 0 Å². The summed E-state index contributed by atoms with van der Waals surface area (Å²) >= 11 is 0. The smallest absolute Gasteiger partial charge is 0.344 e. The van der Waals surface area contributed by atoms with Crippen LogP contribution >= 0.6 is 0 Å². The molecular weight excluding hydrogens is 336 g/mol. The van der Waals surface area contributed by atoms with Crippen molar-refractivity contribution in [3.63, 3.8) is 0 Å². The van der Waals surface area contributed by atoms with E-state index in [4.69, 9.17) is 18.7 Å². The Morgan fingerprint density at radius 3 is 2.65 bits per heavy atom. The zero-order chi connectivity index (χ0) is 18.4. The molecule has 0 unspecified atom stereocenters. The second-order valence-electron chi connectivity index (χ2n) is 5.51. The van der Waals surface area contributed by atoms with Crippen LogP contribution in [0.5, 0.6) is 11.5 Å². The zero-order valence-corrected chi connectivity index (χ0v) is 14.5. The first-order chi connectivity index (χ1) is 12.6. The number of carbonyl (C=O) groups excluding carboxylic acids is 1. The summed E-state index contributed by atoms with van der Waals surface area (Å²) in [6, 6.07) is 14.6. The van der Waals surface area contributed by atoms with E-state index in [0.29, 0.717) is 11.6 Å². The number of nitrogens with zero attached hydrogens (tertiary/aromatic N) is 2. The minimum atomic E-state index is -0.518. The van der Waals surface area contributed by atoms with E-state index in [1.54, 1.807) is 25.3 Å². The second-order valence-corrected chi connectivity index (χ2v) is 5.51. The molecule has 0 spiro atoms. The standard InChI is InChI=1S/C19H18N2O5/c1-13-4-3-5-16(10-13)24-12-18(22)25-11-17-20-19(21-26-17)14-6-8-15(23-2)9-7-14/h3-10H,11-12H2,1-2H3. The van der Waals surface area contributed by atoms with Crippen LogP contribution < -0.4 is 9.47 Å². The zero-order valence-electron chi connectivity index (χ0n) is 14.5. The minimum Gasteiger partial charge on any atom is -0.497 e. The van der Waals surface area contributed by atoms with Gasteiger partial charge in [0, 0.05) is 5.56 Å². The van der Waals surface area contributed by atoms with Crippen molar-refractivity contribution in [2.24, 2.45) is 0 Å². The molecule has 0 atom stereocenters. The number of aromatic nitrogens is 2. The first kappa shape index (κ1) is 17.5. The maximum absolute atomic E-state index is 11.8. The SMILES string of the molecule is COc1ccc(-c2noc(COC(=O)COc3cccc(C)c3)n2)cc1. The lowest BCUT2D eigenvalue weighted by Gasteiger charge is -2.06. The number of benzene rings is 2. The molecule has 2 aromatic carbocycles. The molecule has 7 heteroatoms. The molecule has 3 aromatic rings. The number of hydrogen-bond acceptors (Lipinski definition) is 7. The normalized spacial score (nSPS) is 10.4. The monoisotopic (exact) mass is 354 g/mol. The first-order valence-corrected chi connectivity index (χ1v) is 7.96. The third-order valence-electron chi connectivity index (χ3n) is 3.52. The van der Waals surface area contributed by atoms with Crippen LogP contribution in [0.2, 0.25) is 0 Å². The number of methoxy groups -OCH3 is 1. The van der Waals surface area contributed by atoms with E-state index >= 15 is 0 Å². The van der Waals surface area contributed by atoms with E-state index in [-0.39, 0.29) is 19.1 Å². The molecule has 0 N–H and O–H groups in total. The van der Waals surface area contributed by atoms with E-state index in [1.807, 2.05) is 37.3 Å². The lowest BCUT2D eigenvalue weighted by atomic mass is 10.2. The highest BCUT2D eigenvalue weighted by atomic mass is 16.6. The molecule has 0 aliphatic carbocycles. The van der Waals surface area contributed by atoms with Crippen LogP contribution in [0.15, 0.2) is 53.1 Å². The number of rotatable bonds is 7. The summed E-state index contributed by atoms with van der Waals surface area (Å²) in [4.78, 5) is 16.0. The molecule has 0 saturated heterocycles. The predicted molar refractivity (Wildman–Crippen MR) is 92.8 cm³/mol. The van der Waals surface area contributed by atoms with Gasteiger partial charge in [-0.25, -0.2) is 4.79 Å². The average Bonchev–Trinajstić information content (AvgIpc) is 3.14. The van der Waals surface area contributed by atoms with Gasteiger partial charge in [-0.1, -0.05) is 17.3 Å². The first-order valence-electron chi connectivity index (χ1n) is 7.96. The fraction of sp³-hybridized carbons (Fsp3) is 0.211. The Morgan fingerprint density at radius 1 is 1.12 bits per heavy atom. The van der Waals surface area contributed by atoms with Crippen molar-refractivity contribution in [3.8, 4) is 22.9 Å². The third kappa shape index (κ3) is 4.60. The molecule has 3 rings (SSSR count). The molecule has 7 nitrogen and oxygen atoms in total. The van der Waals surface area contributed by atoms with Crippen LogP contribution in [0.25, 0.3) is 11.4 Å². The Balaban J connectivity index is 1.50. The predicted octanol–water partition coefficient (Wildman–Crippen LogP) is 3.18. The van der Waals surface area contributed by atoms with E-state index in [0.717, 1.165) is 16.9 Å². The van der Waals surface area contributed by atoms with Gasteiger partial charge in [0.05, 0.1) is 7.11 Å². The minimum absolute atomic E-state index is 0.112. The fourth-order valence-electron chi connectivity index (χ4n) is 2.20. The van der Waals surface area contributed by atoms with Gasteiger partial charge in [-0.15, -0.1) is 0 Å². The summed E-state index contributed by atoms with van der Waals surface area (Å²) in [6.07, 6.45) is 0. The molecule has 0 fully saturated rings. The van der Waals surface area contributed by atoms with E-state index in [1.165, 1.54) is 0 Å². The van der Waals surface area contributed by atoms with Crippen LogP contribution in [0, 0.1) is 6.92 Å². The van der Waals surface area contributed by atoms with Gasteiger partial charge in [0.15, 0.2) is 13.2 Å². The summed E-state index contributed by atoms with van der Waals surface area (Å²) in [5.41, 5.74) is 1.82. The number of aryl methyl sites for hydroxylation is 1. The quantitative estimate of drug-likeness (QED) is 0.603. The van der Waals surface area contributed by atoms with Gasteiger partial charge < -0.3 is 18.7 Å². The Kier molecular flexibility index (Phi) is 5.48. The maximum atomic E-state index is 11.8. The molecule has 0 aliphatic heterocycles. The Bertz CT molecular complexity index is 874. The summed E-state index contributed by atoms with van der Waals surface area (Å²) in [6.45, 7) is 1.64. The Hall–Kier alpha value is -3.35. The van der Waals surface area contributed by atoms with E-state index < -0.39 is 5.97 Å². The van der Waals surface area contributed by atoms with Gasteiger partial charge in [-0.3, -0.25) is 0 Å². The molecule has 0 amide bonds. The number of hydrogen-bond donors (Lipinski definition) is 0. The molecule has 0 aliphatic rings. The second kappa shape index (κ2) is 8.15. The van der Waals surface area contributed by atoms with Crippen LogP contribution in [-0.2, 0) is 16.1 Å². The van der Waals surface area contributed by atoms with Crippen molar-refractivity contribution in [1.82, 2.24) is 10.1 Å². The summed E-state index contributed by atoms with van der Waals surface area (Å²) in [7, 11) is 1.60. The van der Waals surface area contributed by atoms with Crippen molar-refractivity contribution in [3.05, 3.63) is 60.0 Å². The van der Waals surface area contributed by atoms with Crippen LogP contribution in [0.4, 0.5) is 0 Å². The lowest BCUT2D eigenvalue weighted by Crippen LogP contribution is -2.14. The van der Waals surface area contributed by atoms with Gasteiger partial charge in [0.25, 0.3) is 5.89 Å². The van der Waals surface area contributed by atoms with Gasteiger partial charge in [-0.2, -0.15) is 4.98 Å². The van der Waals surface area contributed by atoms with Crippen LogP contribution in [0.1, 0.15) is 11.5 Å². The highest BCUT2D eigenvalue weighted by molar-refractivity contribution is 5.71. The average molecular weight is 354 g/mol. The van der Waals surface area contributed by atoms with Crippen molar-refractivity contribution in [1.29, 1.82) is 0 Å². The highest BCUT2D eigenvalue weighted by Crippen LogP contribution is 2.20. The van der Waals surface area contributed by atoms with E-state index in [9.17, 15) is 4.79 Å². The molecule has 0 radical (unpaired) electrons. The van der Waals surface area contributed by atoms with E-state index in [2.05, 4.69) is 10.1 Å². The molecule has 134 valence electrons. The van der Waals surface area contributed by atoms with Gasteiger partial charge >= 0.3 is 5.97 Å². The molecule has 1 heterocycles. The number of ether oxygens (including phenoxy) is 3. The number of carbonyl (C=O) groups is 1. The van der Waals surface area contributed by atoms with Crippen molar-refractivity contribution in [2.45, 2.75) is 13.5 Å². The van der Waals surface area contributed by atoms with Gasteiger partial charge in [0.2, 0.25) is 5.82 Å². The molecule has 26 heavy (non-hydrogen) atoms. The summed E-state index contributed by atoms with van der Waals surface area (Å²) in [5.74, 6) is 1.45. The van der Waals surface area contributed by atoms with Crippen molar-refractivity contribution in [2.75, 3.05) is 13.7 Å². The molecular formula is C19H18N2O5. The highest BCUT2D eigenvalue weighted by Gasteiger charge is 2.12. The molecule has 1 aromatic heterocycles. The summed E-state index contributed by atoms with van der Waals surface area (Å²) in [5, 5.41) is 3.87. The van der Waals surface area contributed by atoms with Crippen LogP contribution in [-0.4, -0.2) is 29.8 Å². The van der Waals surface area contributed by atoms with Gasteiger partial charge in [0.1, 0.15) is 11.5 Å². The van der Waals surface area contributed by atoms with Crippen molar-refractivity contribution >= 4 is 5.97 Å². The maximum Gasteiger partial charge on any atom is 0.344 e. The topological polar surface area (TPSA) is 83.7 Å². The van der Waals surface area contributed by atoms with Gasteiger partial charge in [-0.05, 0) is 48.9 Å². The Labute approximate surface area is 150 Å². The largest absolute Gasteiger partial charge is 0.497 e. The third-order valence-corrected chi connectivity index (χ3v) is 3.52. The fourth-order valence-corrected chi connectivity index (χ4v) is 2.20. The number of esters is 1. The Morgan fingerprint density at radius 2 is 1.92 bits per heavy atom. The lowest BCUT2D eigenvalue weighted by molar-refractivity contribution is -0.148.